The quantitative estimate of drug-likeness (QED) is 0.540. The van der Waals surface area contributed by atoms with Crippen LogP contribution in [0.2, 0.25) is 0 Å². The van der Waals surface area contributed by atoms with Crippen molar-refractivity contribution in [1.29, 1.82) is 0 Å². The van der Waals surface area contributed by atoms with Crippen LogP contribution in [-0.4, -0.2) is 56.7 Å². The van der Waals surface area contributed by atoms with Crippen molar-refractivity contribution in [3.05, 3.63) is 0 Å². The van der Waals surface area contributed by atoms with Gasteiger partial charge < -0.3 is 0 Å². The Balaban J connectivity index is 2.10. The second-order valence-corrected chi connectivity index (χ2v) is 12.5. The predicted molar refractivity (Wildman–Crippen MR) is 124 cm³/mol. The molecular formula is C25H51N3. The minimum Gasteiger partial charge on any atom is -0.293 e. The van der Waals surface area contributed by atoms with E-state index in [-0.39, 0.29) is 16.6 Å². The second kappa shape index (κ2) is 8.55. The molecule has 0 spiro atoms. The first-order chi connectivity index (χ1) is 12.7. The predicted octanol–water partition coefficient (Wildman–Crippen LogP) is 6.34. The summed E-state index contributed by atoms with van der Waals surface area (Å²) in [6.45, 7) is 28.0. The first kappa shape index (κ1) is 24.2. The molecule has 0 saturated carbocycles. The van der Waals surface area contributed by atoms with Gasteiger partial charge in [0, 0.05) is 35.2 Å². The topological polar surface area (TPSA) is 9.72 Å². The molecule has 2 saturated heterocycles. The van der Waals surface area contributed by atoms with Crippen LogP contribution < -0.4 is 0 Å². The highest BCUT2D eigenvalue weighted by Gasteiger charge is 2.45. The Morgan fingerprint density at radius 2 is 1.29 bits per heavy atom. The molecule has 3 nitrogen and oxygen atoms in total. The van der Waals surface area contributed by atoms with Crippen LogP contribution in [-0.2, 0) is 0 Å². The smallest absolute Gasteiger partial charge is 0.0300 e. The third-order valence-electron chi connectivity index (χ3n) is 7.75. The van der Waals surface area contributed by atoms with E-state index in [1.54, 1.807) is 0 Å². The molecule has 28 heavy (non-hydrogen) atoms. The van der Waals surface area contributed by atoms with Gasteiger partial charge in [-0.3, -0.25) is 4.90 Å². The number of likely N-dealkylation sites (tertiary alicyclic amines) is 1. The zero-order valence-corrected chi connectivity index (χ0v) is 21.0. The van der Waals surface area contributed by atoms with E-state index in [1.807, 2.05) is 0 Å². The fourth-order valence-electron chi connectivity index (χ4n) is 5.86. The van der Waals surface area contributed by atoms with Crippen molar-refractivity contribution in [1.82, 2.24) is 14.9 Å². The molecule has 0 N–H and O–H groups in total. The molecule has 0 aromatic rings. The van der Waals surface area contributed by atoms with Crippen LogP contribution in [0.1, 0.15) is 114 Å². The molecule has 0 aromatic carbocycles. The molecule has 166 valence electrons. The molecule has 2 fully saturated rings. The summed E-state index contributed by atoms with van der Waals surface area (Å²) < 4.78 is 0. The molecule has 2 heterocycles. The van der Waals surface area contributed by atoms with Crippen LogP contribution in [0.4, 0.5) is 0 Å². The zero-order chi connectivity index (χ0) is 21.4. The van der Waals surface area contributed by atoms with Gasteiger partial charge >= 0.3 is 0 Å². The number of hydrazine groups is 1. The fraction of sp³-hybridized carbons (Fsp3) is 1.00. The molecule has 0 aliphatic carbocycles. The van der Waals surface area contributed by atoms with Gasteiger partial charge in [-0.2, -0.15) is 0 Å². The minimum atomic E-state index is 0.210. The van der Waals surface area contributed by atoms with E-state index >= 15 is 0 Å². The van der Waals surface area contributed by atoms with E-state index in [0.29, 0.717) is 5.54 Å². The molecule has 0 radical (unpaired) electrons. The van der Waals surface area contributed by atoms with Crippen molar-refractivity contribution in [2.75, 3.05) is 19.6 Å². The maximum atomic E-state index is 2.82. The van der Waals surface area contributed by atoms with Gasteiger partial charge in [-0.25, -0.2) is 10.0 Å². The maximum Gasteiger partial charge on any atom is 0.0300 e. The minimum absolute atomic E-state index is 0.210. The van der Waals surface area contributed by atoms with Gasteiger partial charge in [0.25, 0.3) is 0 Å². The van der Waals surface area contributed by atoms with Crippen LogP contribution in [0.25, 0.3) is 0 Å². The summed E-state index contributed by atoms with van der Waals surface area (Å²) in [7, 11) is 0. The number of nitrogens with zero attached hydrogens (tertiary/aromatic N) is 3. The number of hydrogen-bond acceptors (Lipinski definition) is 3. The Labute approximate surface area is 177 Å². The molecule has 2 aliphatic rings. The molecule has 2 atom stereocenters. The normalized spacial score (nSPS) is 28.5. The SMILES string of the molecule is CC(CCC(C)(C)N1CCCCN1C(C)(C)C)C1(C)CCCCN1C(C)(C)C. The van der Waals surface area contributed by atoms with Crippen molar-refractivity contribution in [2.24, 2.45) is 5.92 Å². The number of hydrogen-bond donors (Lipinski definition) is 0. The summed E-state index contributed by atoms with van der Waals surface area (Å²) in [5.41, 5.74) is 1.02. The lowest BCUT2D eigenvalue weighted by atomic mass is 9.73. The Bertz CT molecular complexity index is 499. The van der Waals surface area contributed by atoms with Gasteiger partial charge in [0.15, 0.2) is 0 Å². The Kier molecular flexibility index (Phi) is 7.38. The van der Waals surface area contributed by atoms with Gasteiger partial charge in [-0.05, 0) is 113 Å². The van der Waals surface area contributed by atoms with Crippen LogP contribution in [0.5, 0.6) is 0 Å². The van der Waals surface area contributed by atoms with Gasteiger partial charge in [-0.1, -0.05) is 13.3 Å². The summed E-state index contributed by atoms with van der Waals surface area (Å²) in [6, 6.07) is 0. The van der Waals surface area contributed by atoms with Crippen LogP contribution in [0.15, 0.2) is 0 Å². The lowest BCUT2D eigenvalue weighted by molar-refractivity contribution is -0.168. The summed E-state index contributed by atoms with van der Waals surface area (Å²) in [5.74, 6) is 0.721. The lowest BCUT2D eigenvalue weighted by Gasteiger charge is -2.56. The molecule has 2 rings (SSSR count). The summed E-state index contributed by atoms with van der Waals surface area (Å²) in [4.78, 5) is 2.82. The fourth-order valence-corrected chi connectivity index (χ4v) is 5.86. The van der Waals surface area contributed by atoms with Gasteiger partial charge in [-0.15, -0.1) is 0 Å². The number of rotatable bonds is 5. The highest BCUT2D eigenvalue weighted by atomic mass is 15.7. The largest absolute Gasteiger partial charge is 0.293 e. The third kappa shape index (κ3) is 5.32. The van der Waals surface area contributed by atoms with Crippen LogP contribution >= 0.6 is 0 Å². The average molecular weight is 394 g/mol. The molecule has 0 bridgehead atoms. The van der Waals surface area contributed by atoms with Gasteiger partial charge in [0.05, 0.1) is 0 Å². The Morgan fingerprint density at radius 1 is 0.750 bits per heavy atom. The van der Waals surface area contributed by atoms with E-state index in [0.717, 1.165) is 5.92 Å². The highest BCUT2D eigenvalue weighted by Crippen LogP contribution is 2.42. The standard InChI is InChI=1S/C25H51N3/c1-21(25(10)16-11-12-18-26(25)22(2,3)4)15-17-24(8,9)28-20-14-13-19-27(28)23(5,6)7/h21H,11-20H2,1-10H3. The highest BCUT2D eigenvalue weighted by molar-refractivity contribution is 4.99. The molecule has 2 aliphatic heterocycles. The lowest BCUT2D eigenvalue weighted by Crippen LogP contribution is -2.63. The van der Waals surface area contributed by atoms with E-state index in [2.05, 4.69) is 84.2 Å². The molecule has 2 unspecified atom stereocenters. The first-order valence-corrected chi connectivity index (χ1v) is 12.0. The molecule has 0 amide bonds. The maximum absolute atomic E-state index is 2.82. The Hall–Kier alpha value is -0.120. The summed E-state index contributed by atoms with van der Waals surface area (Å²) in [6.07, 6.45) is 9.35. The van der Waals surface area contributed by atoms with Crippen LogP contribution in [0.3, 0.4) is 0 Å². The van der Waals surface area contributed by atoms with Gasteiger partial charge in [0.1, 0.15) is 0 Å². The molecule has 3 heteroatoms. The van der Waals surface area contributed by atoms with Crippen molar-refractivity contribution in [3.8, 4) is 0 Å². The average Bonchev–Trinajstić information content (AvgIpc) is 2.58. The molecule has 0 aromatic heterocycles. The van der Waals surface area contributed by atoms with E-state index in [1.165, 1.54) is 64.6 Å². The monoisotopic (exact) mass is 393 g/mol. The molecular weight excluding hydrogens is 342 g/mol. The third-order valence-corrected chi connectivity index (χ3v) is 7.75. The second-order valence-electron chi connectivity index (χ2n) is 12.5. The van der Waals surface area contributed by atoms with E-state index in [9.17, 15) is 0 Å². The first-order valence-electron chi connectivity index (χ1n) is 12.0. The van der Waals surface area contributed by atoms with Gasteiger partial charge in [0.2, 0.25) is 0 Å². The van der Waals surface area contributed by atoms with Crippen molar-refractivity contribution >= 4 is 0 Å². The zero-order valence-electron chi connectivity index (χ0n) is 21.0. The van der Waals surface area contributed by atoms with Crippen LogP contribution in [0, 0.1) is 5.92 Å². The summed E-state index contributed by atoms with van der Waals surface area (Å²) >= 11 is 0. The van der Waals surface area contributed by atoms with Crippen molar-refractivity contribution < 1.29 is 0 Å². The number of piperidine rings is 1. The summed E-state index contributed by atoms with van der Waals surface area (Å²) in [5, 5.41) is 5.37. The Morgan fingerprint density at radius 3 is 1.82 bits per heavy atom. The van der Waals surface area contributed by atoms with E-state index in [4.69, 9.17) is 0 Å². The van der Waals surface area contributed by atoms with Crippen molar-refractivity contribution in [3.63, 3.8) is 0 Å². The van der Waals surface area contributed by atoms with Crippen molar-refractivity contribution in [2.45, 2.75) is 136 Å². The van der Waals surface area contributed by atoms with E-state index < -0.39 is 0 Å².